The number of hydrogen-bond donors (Lipinski definition) is 3. The van der Waals surface area contributed by atoms with Crippen LogP contribution in [0.5, 0.6) is 0 Å². The van der Waals surface area contributed by atoms with E-state index in [0.29, 0.717) is 41.3 Å². The summed E-state index contributed by atoms with van der Waals surface area (Å²) in [7, 11) is 0. The highest BCUT2D eigenvalue weighted by atomic mass is 35.5. The Morgan fingerprint density at radius 2 is 2.19 bits per heavy atom. The minimum absolute atomic E-state index is 0.0223. The number of aromatic nitrogens is 3. The lowest BCUT2D eigenvalue weighted by atomic mass is 10.3. The fourth-order valence-corrected chi connectivity index (χ4v) is 2.05. The zero-order valence-electron chi connectivity index (χ0n) is 11.6. The van der Waals surface area contributed by atoms with Crippen LogP contribution < -0.4 is 16.0 Å². The number of halogens is 1. The van der Waals surface area contributed by atoms with Crippen LogP contribution in [0.4, 0.5) is 23.0 Å². The third-order valence-electron chi connectivity index (χ3n) is 2.93. The molecule has 2 aromatic heterocycles. The van der Waals surface area contributed by atoms with Crippen molar-refractivity contribution < 1.29 is 5.11 Å². The molecule has 0 saturated carbocycles. The van der Waals surface area contributed by atoms with Crippen molar-refractivity contribution in [1.29, 1.82) is 0 Å². The molecular weight excluding hydrogens is 292 g/mol. The van der Waals surface area contributed by atoms with Gasteiger partial charge in [-0.05, 0) is 19.1 Å². The summed E-state index contributed by atoms with van der Waals surface area (Å²) < 4.78 is 0. The third-order valence-corrected chi connectivity index (χ3v) is 3.23. The van der Waals surface area contributed by atoms with Gasteiger partial charge in [0.25, 0.3) is 0 Å². The van der Waals surface area contributed by atoms with Crippen molar-refractivity contribution in [3.63, 3.8) is 0 Å². The second kappa shape index (κ2) is 7.05. The molecule has 4 N–H and O–H groups in total. The van der Waals surface area contributed by atoms with E-state index in [4.69, 9.17) is 22.4 Å². The Kier molecular flexibility index (Phi) is 5.13. The minimum atomic E-state index is 0.0223. The van der Waals surface area contributed by atoms with Crippen LogP contribution in [0.25, 0.3) is 0 Å². The van der Waals surface area contributed by atoms with Gasteiger partial charge < -0.3 is 21.1 Å². The summed E-state index contributed by atoms with van der Waals surface area (Å²) in [4.78, 5) is 14.2. The first-order valence-corrected chi connectivity index (χ1v) is 6.89. The van der Waals surface area contributed by atoms with Gasteiger partial charge in [0, 0.05) is 19.3 Å². The summed E-state index contributed by atoms with van der Waals surface area (Å²) in [5.41, 5.74) is 7.12. The number of rotatable bonds is 6. The van der Waals surface area contributed by atoms with E-state index in [1.54, 1.807) is 18.3 Å². The second-order valence-electron chi connectivity index (χ2n) is 4.23. The monoisotopic (exact) mass is 308 g/mol. The predicted octanol–water partition coefficient (Wildman–Crippen LogP) is 1.67. The Bertz CT molecular complexity index is 609. The van der Waals surface area contributed by atoms with Gasteiger partial charge in [-0.15, -0.1) is 0 Å². The number of aliphatic hydroxyl groups is 1. The van der Waals surface area contributed by atoms with Crippen LogP contribution in [-0.2, 0) is 0 Å². The molecule has 7 nitrogen and oxygen atoms in total. The largest absolute Gasteiger partial charge is 0.395 e. The first-order valence-electron chi connectivity index (χ1n) is 6.51. The van der Waals surface area contributed by atoms with E-state index >= 15 is 0 Å². The van der Waals surface area contributed by atoms with Gasteiger partial charge in [0.1, 0.15) is 12.0 Å². The summed E-state index contributed by atoms with van der Waals surface area (Å²) in [5, 5.41) is 12.5. The molecule has 112 valence electrons. The van der Waals surface area contributed by atoms with Crippen molar-refractivity contribution in [3.05, 3.63) is 29.8 Å². The highest BCUT2D eigenvalue weighted by Gasteiger charge is 2.14. The molecule has 8 heteroatoms. The summed E-state index contributed by atoms with van der Waals surface area (Å²) >= 11 is 6.00. The molecule has 2 aromatic rings. The number of nitrogen functional groups attached to an aromatic ring is 1. The van der Waals surface area contributed by atoms with Crippen LogP contribution in [0, 0.1) is 0 Å². The maximum Gasteiger partial charge on any atom is 0.159 e. The first kappa shape index (κ1) is 15.3. The third kappa shape index (κ3) is 3.50. The minimum Gasteiger partial charge on any atom is -0.395 e. The van der Waals surface area contributed by atoms with Gasteiger partial charge in [0.2, 0.25) is 0 Å². The van der Waals surface area contributed by atoms with Crippen molar-refractivity contribution in [3.8, 4) is 0 Å². The van der Waals surface area contributed by atoms with Crippen molar-refractivity contribution in [2.75, 3.05) is 35.6 Å². The Labute approximate surface area is 127 Å². The fraction of sp³-hybridized carbons (Fsp3) is 0.308. The lowest BCUT2D eigenvalue weighted by Crippen LogP contribution is -2.28. The van der Waals surface area contributed by atoms with Crippen molar-refractivity contribution >= 4 is 34.6 Å². The van der Waals surface area contributed by atoms with Gasteiger partial charge in [0.15, 0.2) is 16.8 Å². The van der Waals surface area contributed by atoms with E-state index in [1.807, 2.05) is 11.8 Å². The topological polar surface area (TPSA) is 100 Å². The van der Waals surface area contributed by atoms with Crippen LogP contribution in [0.2, 0.25) is 5.15 Å². The van der Waals surface area contributed by atoms with Crippen molar-refractivity contribution in [2.45, 2.75) is 6.92 Å². The maximum absolute atomic E-state index is 9.09. The summed E-state index contributed by atoms with van der Waals surface area (Å²) in [6, 6.07) is 3.54. The number of aliphatic hydroxyl groups excluding tert-OH is 1. The standard InChI is InChI=1S/C13H17ClN6O/c1-2-20(6-7-21)13-10(15)12(17-8-18-13)19-9-4-3-5-16-11(9)14/h3-5,8,21H,2,6-7,15H2,1H3,(H,17,18,19). The zero-order valence-corrected chi connectivity index (χ0v) is 12.4. The van der Waals surface area contributed by atoms with E-state index in [0.717, 1.165) is 0 Å². The molecule has 0 amide bonds. The van der Waals surface area contributed by atoms with Crippen molar-refractivity contribution in [2.24, 2.45) is 0 Å². The SMILES string of the molecule is CCN(CCO)c1ncnc(Nc2cccnc2Cl)c1N. The highest BCUT2D eigenvalue weighted by Crippen LogP contribution is 2.30. The Balaban J connectivity index is 2.31. The van der Waals surface area contributed by atoms with Gasteiger partial charge in [-0.2, -0.15) is 0 Å². The van der Waals surface area contributed by atoms with Gasteiger partial charge in [-0.25, -0.2) is 15.0 Å². The molecule has 2 rings (SSSR count). The molecule has 0 unspecified atom stereocenters. The molecular formula is C13H17ClN6O. The summed E-state index contributed by atoms with van der Waals surface area (Å²) in [5.74, 6) is 1.02. The molecule has 21 heavy (non-hydrogen) atoms. The van der Waals surface area contributed by atoms with Crippen LogP contribution in [0.15, 0.2) is 24.7 Å². The Hall–Kier alpha value is -2.12. The quantitative estimate of drug-likeness (QED) is 0.698. The number of anilines is 4. The molecule has 0 atom stereocenters. The predicted molar refractivity (Wildman–Crippen MR) is 83.9 cm³/mol. The lowest BCUT2D eigenvalue weighted by molar-refractivity contribution is 0.302. The van der Waals surface area contributed by atoms with Crippen LogP contribution in [-0.4, -0.2) is 39.8 Å². The molecule has 0 aliphatic rings. The molecule has 0 aliphatic heterocycles. The number of pyridine rings is 1. The van der Waals surface area contributed by atoms with Gasteiger partial charge in [0.05, 0.1) is 12.3 Å². The molecule has 0 spiro atoms. The molecule has 0 bridgehead atoms. The van der Waals surface area contributed by atoms with Crippen LogP contribution in [0.1, 0.15) is 6.92 Å². The van der Waals surface area contributed by atoms with E-state index in [1.165, 1.54) is 6.33 Å². The van der Waals surface area contributed by atoms with Crippen molar-refractivity contribution in [1.82, 2.24) is 15.0 Å². The maximum atomic E-state index is 9.09. The van der Waals surface area contributed by atoms with E-state index in [9.17, 15) is 0 Å². The fourth-order valence-electron chi connectivity index (χ4n) is 1.88. The van der Waals surface area contributed by atoms with Gasteiger partial charge in [-0.1, -0.05) is 11.6 Å². The van der Waals surface area contributed by atoms with Crippen LogP contribution in [0.3, 0.4) is 0 Å². The summed E-state index contributed by atoms with van der Waals surface area (Å²) in [6.07, 6.45) is 3.01. The smallest absolute Gasteiger partial charge is 0.159 e. The zero-order chi connectivity index (χ0) is 15.2. The second-order valence-corrected chi connectivity index (χ2v) is 4.59. The molecule has 0 saturated heterocycles. The number of nitrogens with two attached hydrogens (primary N) is 1. The van der Waals surface area contributed by atoms with Gasteiger partial charge >= 0.3 is 0 Å². The normalized spacial score (nSPS) is 10.4. The molecule has 2 heterocycles. The molecule has 0 aliphatic carbocycles. The first-order chi connectivity index (χ1) is 10.2. The average molecular weight is 309 g/mol. The average Bonchev–Trinajstić information content (AvgIpc) is 2.49. The summed E-state index contributed by atoms with van der Waals surface area (Å²) in [6.45, 7) is 3.11. The van der Waals surface area contributed by atoms with E-state index in [2.05, 4.69) is 20.3 Å². The van der Waals surface area contributed by atoms with Crippen LogP contribution >= 0.6 is 11.6 Å². The molecule has 0 aromatic carbocycles. The Morgan fingerprint density at radius 1 is 1.38 bits per heavy atom. The number of hydrogen-bond acceptors (Lipinski definition) is 7. The molecule has 0 radical (unpaired) electrons. The number of nitrogens with one attached hydrogen (secondary N) is 1. The Morgan fingerprint density at radius 3 is 2.86 bits per heavy atom. The number of likely N-dealkylation sites (N-methyl/N-ethyl adjacent to an activating group) is 1. The van der Waals surface area contributed by atoms with E-state index in [-0.39, 0.29) is 6.61 Å². The highest BCUT2D eigenvalue weighted by molar-refractivity contribution is 6.32. The lowest BCUT2D eigenvalue weighted by Gasteiger charge is -2.23. The molecule has 0 fully saturated rings. The van der Waals surface area contributed by atoms with Gasteiger partial charge in [-0.3, -0.25) is 0 Å². The number of nitrogens with zero attached hydrogens (tertiary/aromatic N) is 4. The van der Waals surface area contributed by atoms with E-state index < -0.39 is 0 Å².